The number of carbonyl (C=O) groups excluding carboxylic acids is 3. The third kappa shape index (κ3) is 7.37. The molecule has 3 heterocycles. The lowest BCUT2D eigenvalue weighted by Crippen LogP contribution is -2.52. The molecule has 5 aromatic carbocycles. The minimum absolute atomic E-state index is 0.0639. The summed E-state index contributed by atoms with van der Waals surface area (Å²) in [4.78, 5) is 46.7. The summed E-state index contributed by atoms with van der Waals surface area (Å²) >= 11 is 3.70. The second kappa shape index (κ2) is 16.1. The Labute approximate surface area is 354 Å². The molecule has 0 aromatic heterocycles. The molecule has 3 aliphatic heterocycles. The lowest BCUT2D eigenvalue weighted by atomic mass is 9.82. The average Bonchev–Trinajstić information content (AvgIpc) is 3.65. The van der Waals surface area contributed by atoms with Crippen LogP contribution in [-0.4, -0.2) is 61.7 Å². The molecule has 1 saturated heterocycles. The van der Waals surface area contributed by atoms with E-state index < -0.39 is 19.8 Å². The number of nitrogens with zero attached hydrogens (tertiary/aromatic N) is 2. The van der Waals surface area contributed by atoms with Crippen molar-refractivity contribution in [1.82, 2.24) is 4.90 Å². The summed E-state index contributed by atoms with van der Waals surface area (Å²) in [7, 11) is -0.898. The Morgan fingerprint density at radius 2 is 1.69 bits per heavy atom. The molecule has 4 N–H and O–H groups in total. The number of nitrogens with one attached hydrogen (secondary N) is 1. The predicted octanol–water partition coefficient (Wildman–Crippen LogP) is 7.39. The van der Waals surface area contributed by atoms with Crippen molar-refractivity contribution in [3.63, 3.8) is 0 Å². The van der Waals surface area contributed by atoms with Crippen molar-refractivity contribution in [2.24, 2.45) is 5.92 Å². The molecule has 0 aliphatic carbocycles. The highest BCUT2D eigenvalue weighted by atomic mass is 79.9. The van der Waals surface area contributed by atoms with E-state index in [1.165, 1.54) is 5.19 Å². The number of methoxy groups -OCH3 is 1. The monoisotopic (exact) mass is 872 g/mol. The zero-order valence-corrected chi connectivity index (χ0v) is 36.2. The van der Waals surface area contributed by atoms with Gasteiger partial charge in [-0.1, -0.05) is 89.7 Å². The number of aliphatic hydroxyl groups is 1. The first-order chi connectivity index (χ1) is 28.3. The highest BCUT2D eigenvalue weighted by molar-refractivity contribution is 9.10. The van der Waals surface area contributed by atoms with Crippen molar-refractivity contribution < 1.29 is 29.0 Å². The van der Waals surface area contributed by atoms with Gasteiger partial charge in [-0.15, -0.1) is 0 Å². The van der Waals surface area contributed by atoms with Crippen LogP contribution in [0.5, 0.6) is 5.75 Å². The standard InChI is InChI=1S/C47H49BrN4O6Si/c1-29-44(59(3,4)39-19-17-38(57-2)18-20-39)42(25-43(54)51-27-33-10-6-5-9-32(33)23-37(51)28-53)58-47(29)40-24-34(48)14-21-41(40)52(46(47)56)26-30-8-7-11-36(22-30)50-45(55)31-12-15-35(49)16-13-31/h5-22,24,29,37,42,44,53H,23,25-28,49H2,1-4H3,(H,50,55)/t29-,37-,42+,44-,47+/m0/s1. The number of rotatable bonds is 10. The molecule has 1 spiro atoms. The Bertz CT molecular complexity index is 2410. The number of halogens is 1. The van der Waals surface area contributed by atoms with Crippen LogP contribution in [-0.2, 0) is 39.4 Å². The molecule has 8 rings (SSSR count). The SMILES string of the molecule is COc1ccc([Si](C)(C)[C@@H]2[C@@H](CC(=O)N3Cc4ccccc4C[C@H]3CO)O[C@]3(C(=O)N(Cc4cccc(NC(=O)c5ccc(N)cc5)c4)c4ccc(Br)cc43)[C@H]2C)cc1. The number of benzene rings is 5. The predicted molar refractivity (Wildman–Crippen MR) is 236 cm³/mol. The summed E-state index contributed by atoms with van der Waals surface area (Å²) in [6, 6.07) is 36.0. The Morgan fingerprint density at radius 3 is 2.41 bits per heavy atom. The molecule has 3 aliphatic rings. The quantitative estimate of drug-likeness (QED) is 0.0985. The molecule has 5 atom stereocenters. The van der Waals surface area contributed by atoms with Crippen LogP contribution in [0.1, 0.15) is 46.0 Å². The minimum atomic E-state index is -2.55. The number of ether oxygens (including phenoxy) is 2. The van der Waals surface area contributed by atoms with Crippen molar-refractivity contribution in [1.29, 1.82) is 0 Å². The number of carbonyl (C=O) groups is 3. The van der Waals surface area contributed by atoms with Crippen molar-refractivity contribution in [2.75, 3.05) is 29.7 Å². The van der Waals surface area contributed by atoms with Gasteiger partial charge in [-0.05, 0) is 95.4 Å². The molecule has 0 bridgehead atoms. The third-order valence-electron chi connectivity index (χ3n) is 12.8. The molecule has 1 fully saturated rings. The van der Waals surface area contributed by atoms with Gasteiger partial charge in [0.2, 0.25) is 5.91 Å². The Balaban J connectivity index is 1.15. The van der Waals surface area contributed by atoms with Gasteiger partial charge in [0.05, 0.1) is 52.6 Å². The number of fused-ring (bicyclic) bond motifs is 3. The van der Waals surface area contributed by atoms with E-state index in [1.54, 1.807) is 41.2 Å². The molecule has 12 heteroatoms. The second-order valence-corrected chi connectivity index (χ2v) is 22.1. The number of aliphatic hydroxyl groups excluding tert-OH is 1. The lowest BCUT2D eigenvalue weighted by Gasteiger charge is -2.39. The smallest absolute Gasteiger partial charge is 0.264 e. The first-order valence-corrected chi connectivity index (χ1v) is 23.9. The van der Waals surface area contributed by atoms with Gasteiger partial charge < -0.3 is 35.4 Å². The summed E-state index contributed by atoms with van der Waals surface area (Å²) in [5.41, 5.74) is 10.5. The van der Waals surface area contributed by atoms with Gasteiger partial charge in [-0.25, -0.2) is 0 Å². The van der Waals surface area contributed by atoms with Gasteiger partial charge in [-0.3, -0.25) is 14.4 Å². The maximum absolute atomic E-state index is 15.4. The number of hydrogen-bond acceptors (Lipinski definition) is 7. The number of nitrogen functional groups attached to an aromatic ring is 1. The number of amides is 3. The number of anilines is 3. The van der Waals surface area contributed by atoms with Crippen LogP contribution < -0.4 is 25.9 Å². The van der Waals surface area contributed by atoms with Gasteiger partial charge >= 0.3 is 0 Å². The molecule has 10 nitrogen and oxygen atoms in total. The molecule has 59 heavy (non-hydrogen) atoms. The van der Waals surface area contributed by atoms with Crippen LogP contribution in [0.3, 0.4) is 0 Å². The molecular weight excluding hydrogens is 825 g/mol. The molecule has 304 valence electrons. The van der Waals surface area contributed by atoms with Gasteiger partial charge in [0.25, 0.3) is 11.8 Å². The van der Waals surface area contributed by atoms with Gasteiger partial charge in [-0.2, -0.15) is 0 Å². The largest absolute Gasteiger partial charge is 0.497 e. The minimum Gasteiger partial charge on any atom is -0.497 e. The summed E-state index contributed by atoms with van der Waals surface area (Å²) in [5.74, 6) is -0.125. The van der Waals surface area contributed by atoms with E-state index in [9.17, 15) is 14.7 Å². The van der Waals surface area contributed by atoms with Gasteiger partial charge in [0, 0.05) is 39.4 Å². The highest BCUT2D eigenvalue weighted by Gasteiger charge is 2.66. The molecule has 0 radical (unpaired) electrons. The maximum atomic E-state index is 15.4. The lowest BCUT2D eigenvalue weighted by molar-refractivity contribution is -0.151. The van der Waals surface area contributed by atoms with E-state index in [0.717, 1.165) is 38.2 Å². The topological polar surface area (TPSA) is 134 Å². The molecule has 0 saturated carbocycles. The highest BCUT2D eigenvalue weighted by Crippen LogP contribution is 2.60. The van der Waals surface area contributed by atoms with Crippen LogP contribution in [0.25, 0.3) is 0 Å². The average molecular weight is 874 g/mol. The maximum Gasteiger partial charge on any atom is 0.264 e. The Morgan fingerprint density at radius 1 is 0.966 bits per heavy atom. The molecule has 5 aromatic rings. The number of nitrogens with two attached hydrogens (primary N) is 1. The zero-order chi connectivity index (χ0) is 41.6. The Hall–Kier alpha value is -5.27. The third-order valence-corrected chi connectivity index (χ3v) is 17.6. The van der Waals surface area contributed by atoms with Crippen molar-refractivity contribution in [2.45, 2.75) is 69.2 Å². The second-order valence-electron chi connectivity index (χ2n) is 16.5. The van der Waals surface area contributed by atoms with E-state index >= 15 is 4.79 Å². The summed E-state index contributed by atoms with van der Waals surface area (Å²) < 4.78 is 13.6. The fourth-order valence-corrected chi connectivity index (χ4v) is 14.1. The summed E-state index contributed by atoms with van der Waals surface area (Å²) in [6.07, 6.45) is 0.0373. The van der Waals surface area contributed by atoms with E-state index in [4.69, 9.17) is 15.2 Å². The van der Waals surface area contributed by atoms with Crippen molar-refractivity contribution >= 4 is 64.0 Å². The van der Waals surface area contributed by atoms with Crippen LogP contribution in [0.4, 0.5) is 17.1 Å². The molecular formula is C47H49BrN4O6Si. The normalized spacial score (nSPS) is 22.3. The fourth-order valence-electron chi connectivity index (χ4n) is 9.74. The van der Waals surface area contributed by atoms with E-state index in [2.05, 4.69) is 59.5 Å². The van der Waals surface area contributed by atoms with Gasteiger partial charge in [0.1, 0.15) is 5.75 Å². The fraction of sp³-hybridized carbons (Fsp3) is 0.298. The first-order valence-electron chi connectivity index (χ1n) is 20.0. The summed E-state index contributed by atoms with van der Waals surface area (Å²) in [6.45, 7) is 7.19. The Kier molecular flexibility index (Phi) is 11.0. The van der Waals surface area contributed by atoms with E-state index in [-0.39, 0.29) is 54.8 Å². The van der Waals surface area contributed by atoms with Crippen molar-refractivity contribution in [3.05, 3.63) is 148 Å². The van der Waals surface area contributed by atoms with Crippen LogP contribution >= 0.6 is 15.9 Å². The first kappa shape index (κ1) is 40.5. The van der Waals surface area contributed by atoms with Crippen LogP contribution in [0.2, 0.25) is 18.6 Å². The molecule has 3 amide bonds. The number of hydrogen-bond donors (Lipinski definition) is 3. The van der Waals surface area contributed by atoms with Crippen molar-refractivity contribution in [3.8, 4) is 5.75 Å². The van der Waals surface area contributed by atoms with E-state index in [0.29, 0.717) is 29.9 Å². The zero-order valence-electron chi connectivity index (χ0n) is 33.7. The van der Waals surface area contributed by atoms with E-state index in [1.807, 2.05) is 72.8 Å². The van der Waals surface area contributed by atoms with Gasteiger partial charge in [0.15, 0.2) is 5.60 Å². The van der Waals surface area contributed by atoms with Crippen LogP contribution in [0.15, 0.2) is 120 Å². The van der Waals surface area contributed by atoms with Crippen LogP contribution in [0, 0.1) is 5.92 Å². The molecule has 0 unspecified atom stereocenters. The summed E-state index contributed by atoms with van der Waals surface area (Å²) in [5, 5.41) is 14.7.